The highest BCUT2D eigenvalue weighted by Crippen LogP contribution is 2.50. The van der Waals surface area contributed by atoms with Crippen LogP contribution in [0, 0.1) is 5.92 Å². The molecule has 0 unspecified atom stereocenters. The van der Waals surface area contributed by atoms with Crippen LogP contribution in [-0.2, 0) is 36.2 Å². The molecule has 6 heteroatoms. The molecule has 0 aliphatic carbocycles. The van der Waals surface area contributed by atoms with E-state index in [2.05, 4.69) is 0 Å². The molecule has 0 aliphatic heterocycles. The third-order valence-electron chi connectivity index (χ3n) is 3.98. The Morgan fingerprint density at radius 1 is 0.889 bits per heavy atom. The lowest BCUT2D eigenvalue weighted by Crippen LogP contribution is -2.24. The van der Waals surface area contributed by atoms with Gasteiger partial charge in [-0.3, -0.25) is 9.36 Å². The number of ether oxygens (including phenoxy) is 1. The molecule has 0 radical (unpaired) electrons. The molecule has 27 heavy (non-hydrogen) atoms. The van der Waals surface area contributed by atoms with Gasteiger partial charge in [-0.1, -0.05) is 60.7 Å². The van der Waals surface area contributed by atoms with Gasteiger partial charge in [0.15, 0.2) is 0 Å². The van der Waals surface area contributed by atoms with E-state index in [4.69, 9.17) is 13.8 Å². The molecule has 2 aromatic carbocycles. The number of hydrogen-bond acceptors (Lipinski definition) is 5. The summed E-state index contributed by atoms with van der Waals surface area (Å²) in [5.41, 5.74) is 1.88. The Morgan fingerprint density at radius 3 is 1.93 bits per heavy atom. The average molecular weight is 390 g/mol. The van der Waals surface area contributed by atoms with E-state index in [0.717, 1.165) is 11.1 Å². The van der Waals surface area contributed by atoms with Crippen LogP contribution in [0.25, 0.3) is 0 Å². The van der Waals surface area contributed by atoms with Crippen LogP contribution in [0.15, 0.2) is 60.7 Å². The van der Waals surface area contributed by atoms with E-state index >= 15 is 0 Å². The lowest BCUT2D eigenvalue weighted by molar-refractivity contribution is -0.149. The summed E-state index contributed by atoms with van der Waals surface area (Å²) in [6.45, 7) is 4.21. The molecule has 1 atom stereocenters. The summed E-state index contributed by atoms with van der Waals surface area (Å²) in [5, 5.41) is 0. The van der Waals surface area contributed by atoms with Gasteiger partial charge in [-0.2, -0.15) is 0 Å². The van der Waals surface area contributed by atoms with Gasteiger partial charge in [0.2, 0.25) is 0 Å². The summed E-state index contributed by atoms with van der Waals surface area (Å²) in [5.74, 6) is -1.01. The Hall–Kier alpha value is -1.94. The molecule has 0 heterocycles. The van der Waals surface area contributed by atoms with Crippen LogP contribution >= 0.6 is 7.60 Å². The largest absolute Gasteiger partial charge is 0.461 e. The maximum Gasteiger partial charge on any atom is 0.331 e. The molecule has 2 aromatic rings. The molecule has 0 aliphatic rings. The Bertz CT molecular complexity index is 723. The molecule has 0 saturated carbocycles. The van der Waals surface area contributed by atoms with Crippen molar-refractivity contribution in [2.24, 2.45) is 5.92 Å². The highest BCUT2D eigenvalue weighted by molar-refractivity contribution is 7.53. The topological polar surface area (TPSA) is 61.8 Å². The Labute approximate surface area is 161 Å². The van der Waals surface area contributed by atoms with Gasteiger partial charge in [0.1, 0.15) is 6.61 Å². The summed E-state index contributed by atoms with van der Waals surface area (Å²) >= 11 is 0. The highest BCUT2D eigenvalue weighted by Gasteiger charge is 2.33. The first kappa shape index (κ1) is 21.4. The van der Waals surface area contributed by atoms with E-state index < -0.39 is 19.5 Å². The van der Waals surface area contributed by atoms with Gasteiger partial charge in [-0.05, 0) is 31.4 Å². The molecule has 0 bridgehead atoms. The summed E-state index contributed by atoms with van der Waals surface area (Å²) in [6, 6.07) is 19.1. The molecule has 2 rings (SSSR count). The highest BCUT2D eigenvalue weighted by atomic mass is 31.2. The Morgan fingerprint density at radius 2 is 1.41 bits per heavy atom. The predicted molar refractivity (Wildman–Crippen MR) is 106 cm³/mol. The predicted octanol–water partition coefficient (Wildman–Crippen LogP) is 4.85. The zero-order valence-corrected chi connectivity index (χ0v) is 16.8. The zero-order valence-electron chi connectivity index (χ0n) is 15.9. The van der Waals surface area contributed by atoms with Crippen LogP contribution in [-0.4, -0.2) is 25.3 Å². The molecule has 0 saturated heterocycles. The number of carbonyl (C=O) groups excluding carboxylic acids is 1. The van der Waals surface area contributed by atoms with Gasteiger partial charge in [0.05, 0.1) is 25.3 Å². The maximum absolute atomic E-state index is 12.9. The molecular formula is C21H27O5P. The molecule has 0 spiro atoms. The van der Waals surface area contributed by atoms with E-state index in [1.165, 1.54) is 0 Å². The average Bonchev–Trinajstić information content (AvgIpc) is 2.67. The standard InChI is InChI=1S/C21H27O5P/c1-3-25-27(23,26-4-2)17-20(15-18-11-7-5-8-12-18)21(22)24-16-19-13-9-6-10-14-19/h5-14,20H,3-4,15-17H2,1-2H3/t20-/m0/s1. The fraction of sp³-hybridized carbons (Fsp3) is 0.381. The van der Waals surface area contributed by atoms with Crippen LogP contribution in [0.4, 0.5) is 0 Å². The van der Waals surface area contributed by atoms with Gasteiger partial charge >= 0.3 is 13.6 Å². The lowest BCUT2D eigenvalue weighted by atomic mass is 10.0. The third-order valence-corrected chi connectivity index (χ3v) is 6.17. The first-order valence-electron chi connectivity index (χ1n) is 9.19. The molecule has 0 aromatic heterocycles. The van der Waals surface area contributed by atoms with Crippen molar-refractivity contribution in [3.05, 3.63) is 71.8 Å². The summed E-state index contributed by atoms with van der Waals surface area (Å²) in [6.07, 6.45) is 0.412. The number of hydrogen-bond donors (Lipinski definition) is 0. The fourth-order valence-corrected chi connectivity index (χ4v) is 4.66. The minimum absolute atomic E-state index is 0.00278. The number of carbonyl (C=O) groups is 1. The minimum atomic E-state index is -3.36. The van der Waals surface area contributed by atoms with E-state index in [1.807, 2.05) is 60.7 Å². The van der Waals surface area contributed by atoms with Crippen molar-refractivity contribution in [3.8, 4) is 0 Å². The normalized spacial score (nSPS) is 12.5. The first-order valence-corrected chi connectivity index (χ1v) is 10.9. The summed E-state index contributed by atoms with van der Waals surface area (Å²) in [7, 11) is -3.36. The second kappa shape index (κ2) is 11.0. The van der Waals surface area contributed by atoms with Gasteiger partial charge in [0.25, 0.3) is 0 Å². The molecular weight excluding hydrogens is 363 g/mol. The first-order chi connectivity index (χ1) is 13.1. The van der Waals surface area contributed by atoms with E-state index in [9.17, 15) is 9.36 Å². The minimum Gasteiger partial charge on any atom is -0.461 e. The molecule has 5 nitrogen and oxygen atoms in total. The Kier molecular flexibility index (Phi) is 8.73. The van der Waals surface area contributed by atoms with Crippen molar-refractivity contribution < 1.29 is 23.1 Å². The van der Waals surface area contributed by atoms with Crippen molar-refractivity contribution in [1.29, 1.82) is 0 Å². The van der Waals surface area contributed by atoms with Gasteiger partial charge in [-0.25, -0.2) is 0 Å². The third kappa shape index (κ3) is 7.30. The van der Waals surface area contributed by atoms with Crippen molar-refractivity contribution in [2.45, 2.75) is 26.9 Å². The van der Waals surface area contributed by atoms with Gasteiger partial charge in [-0.15, -0.1) is 0 Å². The van der Waals surface area contributed by atoms with Crippen LogP contribution in [0.1, 0.15) is 25.0 Å². The van der Waals surface area contributed by atoms with E-state index in [1.54, 1.807) is 13.8 Å². The van der Waals surface area contributed by atoms with Gasteiger partial charge in [0, 0.05) is 0 Å². The maximum atomic E-state index is 12.9. The van der Waals surface area contributed by atoms with Crippen LogP contribution < -0.4 is 0 Å². The molecule has 0 amide bonds. The van der Waals surface area contributed by atoms with Crippen molar-refractivity contribution in [2.75, 3.05) is 19.4 Å². The second-order valence-electron chi connectivity index (χ2n) is 6.11. The summed E-state index contributed by atoms with van der Waals surface area (Å²) in [4.78, 5) is 12.8. The fourth-order valence-electron chi connectivity index (χ4n) is 2.77. The quantitative estimate of drug-likeness (QED) is 0.405. The summed E-state index contributed by atoms with van der Waals surface area (Å²) < 4.78 is 29.2. The Balaban J connectivity index is 2.12. The number of rotatable bonds is 11. The van der Waals surface area contributed by atoms with Gasteiger partial charge < -0.3 is 13.8 Å². The SMILES string of the molecule is CCOP(=O)(C[C@H](Cc1ccccc1)C(=O)OCc1ccccc1)OCC. The molecule has 0 N–H and O–H groups in total. The molecule has 0 fully saturated rings. The smallest absolute Gasteiger partial charge is 0.331 e. The number of esters is 1. The lowest BCUT2D eigenvalue weighted by Gasteiger charge is -2.22. The zero-order chi connectivity index (χ0) is 19.5. The van der Waals surface area contributed by atoms with Crippen LogP contribution in [0.3, 0.4) is 0 Å². The second-order valence-corrected chi connectivity index (χ2v) is 8.21. The van der Waals surface area contributed by atoms with E-state index in [-0.39, 0.29) is 26.0 Å². The van der Waals surface area contributed by atoms with Crippen molar-refractivity contribution >= 4 is 13.6 Å². The molecule has 146 valence electrons. The van der Waals surface area contributed by atoms with Crippen LogP contribution in [0.5, 0.6) is 0 Å². The van der Waals surface area contributed by atoms with Crippen molar-refractivity contribution in [1.82, 2.24) is 0 Å². The monoisotopic (exact) mass is 390 g/mol. The number of benzene rings is 2. The van der Waals surface area contributed by atoms with Crippen LogP contribution in [0.2, 0.25) is 0 Å². The van der Waals surface area contributed by atoms with Crippen molar-refractivity contribution in [3.63, 3.8) is 0 Å². The van der Waals surface area contributed by atoms with E-state index in [0.29, 0.717) is 6.42 Å².